The molecular weight excluding hydrogens is 470 g/mol. The second-order valence-electron chi connectivity index (χ2n) is 9.67. The van der Waals surface area contributed by atoms with Crippen LogP contribution in [0, 0.1) is 13.8 Å². The minimum absolute atomic E-state index is 0.771. The van der Waals surface area contributed by atoms with Crippen molar-refractivity contribution >= 4 is 16.8 Å². The molecule has 1 aliphatic rings. The number of hydrogen-bond acceptors (Lipinski definition) is 4. The summed E-state index contributed by atoms with van der Waals surface area (Å²) in [5.74, 6) is 1.68. The molecule has 194 valence electrons. The lowest BCUT2D eigenvalue weighted by Gasteiger charge is -2.29. The molecule has 0 unspecified atom stereocenters. The molecule has 4 nitrogen and oxygen atoms in total. The summed E-state index contributed by atoms with van der Waals surface area (Å²) in [4.78, 5) is 2.40. The van der Waals surface area contributed by atoms with E-state index in [1.54, 1.807) is 14.2 Å². The number of rotatable bonds is 7. The SMILES string of the molecule is COc1ccc(/C(=C(/c2ccc(OC)cc2)c2ccc(N3CCOCC3)cc2C)c2ccc(C)cc2)cc1. The molecule has 4 heteroatoms. The van der Waals surface area contributed by atoms with E-state index in [0.717, 1.165) is 48.9 Å². The Bertz CT molecular complexity index is 1400. The zero-order valence-electron chi connectivity index (χ0n) is 22.7. The highest BCUT2D eigenvalue weighted by Gasteiger charge is 2.20. The van der Waals surface area contributed by atoms with Gasteiger partial charge in [-0.3, -0.25) is 0 Å². The Morgan fingerprint density at radius 3 is 1.63 bits per heavy atom. The molecule has 0 spiro atoms. The molecule has 4 aromatic rings. The van der Waals surface area contributed by atoms with Gasteiger partial charge in [0.05, 0.1) is 27.4 Å². The van der Waals surface area contributed by atoms with Crippen LogP contribution in [-0.4, -0.2) is 40.5 Å². The van der Waals surface area contributed by atoms with E-state index >= 15 is 0 Å². The van der Waals surface area contributed by atoms with E-state index in [2.05, 4.69) is 85.5 Å². The Kier molecular flexibility index (Phi) is 7.81. The average molecular weight is 506 g/mol. The third-order valence-corrected chi connectivity index (χ3v) is 7.20. The van der Waals surface area contributed by atoms with Crippen LogP contribution in [0.2, 0.25) is 0 Å². The molecule has 1 fully saturated rings. The number of methoxy groups -OCH3 is 2. The van der Waals surface area contributed by atoms with Gasteiger partial charge in [0.1, 0.15) is 11.5 Å². The molecule has 5 rings (SSSR count). The summed E-state index contributed by atoms with van der Waals surface area (Å²) in [5.41, 5.74) is 10.7. The van der Waals surface area contributed by atoms with E-state index in [-0.39, 0.29) is 0 Å². The molecule has 38 heavy (non-hydrogen) atoms. The second kappa shape index (κ2) is 11.6. The molecule has 0 aliphatic carbocycles. The van der Waals surface area contributed by atoms with E-state index in [1.807, 2.05) is 24.3 Å². The third-order valence-electron chi connectivity index (χ3n) is 7.20. The van der Waals surface area contributed by atoms with E-state index in [9.17, 15) is 0 Å². The van der Waals surface area contributed by atoms with Crippen molar-refractivity contribution in [3.63, 3.8) is 0 Å². The first-order chi connectivity index (χ1) is 18.6. The van der Waals surface area contributed by atoms with Crippen molar-refractivity contribution in [2.45, 2.75) is 13.8 Å². The average Bonchev–Trinajstić information content (AvgIpc) is 2.97. The lowest BCUT2D eigenvalue weighted by molar-refractivity contribution is 0.122. The van der Waals surface area contributed by atoms with Gasteiger partial charge in [-0.05, 0) is 89.2 Å². The lowest BCUT2D eigenvalue weighted by atomic mass is 9.84. The minimum atomic E-state index is 0.771. The molecule has 0 N–H and O–H groups in total. The van der Waals surface area contributed by atoms with Gasteiger partial charge in [0, 0.05) is 18.8 Å². The summed E-state index contributed by atoms with van der Waals surface area (Å²) in [7, 11) is 3.41. The van der Waals surface area contributed by atoms with Crippen molar-refractivity contribution in [1.82, 2.24) is 0 Å². The summed E-state index contributed by atoms with van der Waals surface area (Å²) in [6, 6.07) is 32.4. The van der Waals surface area contributed by atoms with Crippen LogP contribution in [0.25, 0.3) is 11.1 Å². The molecule has 0 atom stereocenters. The number of hydrogen-bond donors (Lipinski definition) is 0. The van der Waals surface area contributed by atoms with Crippen LogP contribution in [0.1, 0.15) is 33.4 Å². The number of nitrogens with zero attached hydrogens (tertiary/aromatic N) is 1. The molecule has 0 aromatic heterocycles. The van der Waals surface area contributed by atoms with E-state index in [4.69, 9.17) is 14.2 Å². The minimum Gasteiger partial charge on any atom is -0.497 e. The van der Waals surface area contributed by atoms with Gasteiger partial charge in [0.15, 0.2) is 0 Å². The third kappa shape index (κ3) is 5.46. The Balaban J connectivity index is 1.76. The number of morpholine rings is 1. The highest BCUT2D eigenvalue weighted by Crippen LogP contribution is 2.40. The molecule has 4 aromatic carbocycles. The lowest BCUT2D eigenvalue weighted by Crippen LogP contribution is -2.36. The molecule has 0 bridgehead atoms. The van der Waals surface area contributed by atoms with Crippen molar-refractivity contribution in [3.05, 3.63) is 124 Å². The highest BCUT2D eigenvalue weighted by molar-refractivity contribution is 6.05. The molecule has 0 saturated carbocycles. The van der Waals surface area contributed by atoms with Crippen molar-refractivity contribution in [3.8, 4) is 11.5 Å². The predicted molar refractivity (Wildman–Crippen MR) is 156 cm³/mol. The van der Waals surface area contributed by atoms with Gasteiger partial charge in [-0.2, -0.15) is 0 Å². The summed E-state index contributed by atoms with van der Waals surface area (Å²) in [6.45, 7) is 7.71. The first-order valence-corrected chi connectivity index (χ1v) is 13.1. The number of benzene rings is 4. The second-order valence-corrected chi connectivity index (χ2v) is 9.67. The maximum absolute atomic E-state index is 5.58. The number of ether oxygens (including phenoxy) is 3. The number of anilines is 1. The van der Waals surface area contributed by atoms with Crippen molar-refractivity contribution < 1.29 is 14.2 Å². The van der Waals surface area contributed by atoms with Gasteiger partial charge in [0.25, 0.3) is 0 Å². The maximum Gasteiger partial charge on any atom is 0.118 e. The zero-order valence-corrected chi connectivity index (χ0v) is 22.7. The van der Waals surface area contributed by atoms with E-state index in [1.165, 1.54) is 39.1 Å². The smallest absolute Gasteiger partial charge is 0.118 e. The summed E-state index contributed by atoms with van der Waals surface area (Å²) in [5, 5.41) is 0. The molecular formula is C34H35NO3. The van der Waals surface area contributed by atoms with Gasteiger partial charge in [-0.25, -0.2) is 0 Å². The Hall–Kier alpha value is -4.02. The van der Waals surface area contributed by atoms with Crippen LogP contribution in [0.15, 0.2) is 91.0 Å². The Morgan fingerprint density at radius 2 is 1.13 bits per heavy atom. The molecule has 1 heterocycles. The van der Waals surface area contributed by atoms with Crippen molar-refractivity contribution in [1.29, 1.82) is 0 Å². The van der Waals surface area contributed by atoms with Gasteiger partial charge in [-0.1, -0.05) is 60.2 Å². The van der Waals surface area contributed by atoms with Crippen LogP contribution in [0.5, 0.6) is 11.5 Å². The topological polar surface area (TPSA) is 30.9 Å². The van der Waals surface area contributed by atoms with Gasteiger partial charge < -0.3 is 19.1 Å². The van der Waals surface area contributed by atoms with Gasteiger partial charge in [-0.15, -0.1) is 0 Å². The van der Waals surface area contributed by atoms with Gasteiger partial charge >= 0.3 is 0 Å². The first-order valence-electron chi connectivity index (χ1n) is 13.1. The monoisotopic (exact) mass is 505 g/mol. The fourth-order valence-electron chi connectivity index (χ4n) is 5.07. The molecule has 0 amide bonds. The maximum atomic E-state index is 5.58. The Labute approximate surface area is 226 Å². The molecule has 1 saturated heterocycles. The normalized spacial score (nSPS) is 14.2. The van der Waals surface area contributed by atoms with E-state index in [0.29, 0.717) is 0 Å². The zero-order chi connectivity index (χ0) is 26.5. The van der Waals surface area contributed by atoms with Crippen LogP contribution < -0.4 is 14.4 Å². The van der Waals surface area contributed by atoms with Gasteiger partial charge in [0.2, 0.25) is 0 Å². The van der Waals surface area contributed by atoms with Crippen molar-refractivity contribution in [2.24, 2.45) is 0 Å². The standard InChI is InChI=1S/C34H35NO3/c1-24-5-7-26(8-6-24)33(27-9-14-30(36-3)15-10-27)34(28-11-16-31(37-4)17-12-28)32-18-13-29(23-25(32)2)35-19-21-38-22-20-35/h5-18,23H,19-22H2,1-4H3/b34-33-. The van der Waals surface area contributed by atoms with Crippen LogP contribution in [-0.2, 0) is 4.74 Å². The Morgan fingerprint density at radius 1 is 0.632 bits per heavy atom. The van der Waals surface area contributed by atoms with Crippen molar-refractivity contribution in [2.75, 3.05) is 45.4 Å². The van der Waals surface area contributed by atoms with Crippen LogP contribution in [0.4, 0.5) is 5.69 Å². The fraction of sp³-hybridized carbons (Fsp3) is 0.235. The van der Waals surface area contributed by atoms with E-state index < -0.39 is 0 Å². The summed E-state index contributed by atoms with van der Waals surface area (Å²) < 4.78 is 16.5. The molecule has 1 aliphatic heterocycles. The quantitative estimate of drug-likeness (QED) is 0.249. The highest BCUT2D eigenvalue weighted by atomic mass is 16.5. The predicted octanol–water partition coefficient (Wildman–Crippen LogP) is 7.16. The summed E-state index contributed by atoms with van der Waals surface area (Å²) in [6.07, 6.45) is 0. The largest absolute Gasteiger partial charge is 0.497 e. The summed E-state index contributed by atoms with van der Waals surface area (Å²) >= 11 is 0. The number of aryl methyl sites for hydroxylation is 2. The van der Waals surface area contributed by atoms with Crippen LogP contribution >= 0.6 is 0 Å². The van der Waals surface area contributed by atoms with Crippen LogP contribution in [0.3, 0.4) is 0 Å². The first kappa shape index (κ1) is 25.6. The molecule has 0 radical (unpaired) electrons. The fourth-order valence-corrected chi connectivity index (χ4v) is 5.07.